The van der Waals surface area contributed by atoms with Crippen LogP contribution in [-0.2, 0) is 11.3 Å². The van der Waals surface area contributed by atoms with Gasteiger partial charge in [-0.1, -0.05) is 36.4 Å². The first-order valence-electron chi connectivity index (χ1n) is 10.4. The number of rotatable bonds is 5. The van der Waals surface area contributed by atoms with Crippen LogP contribution in [0.15, 0.2) is 95.1 Å². The number of para-hydroxylation sites is 2. The number of aromatic nitrogens is 1. The molecule has 0 aliphatic rings. The minimum atomic E-state index is -0.240. The van der Waals surface area contributed by atoms with Crippen molar-refractivity contribution in [2.75, 3.05) is 10.6 Å². The first-order chi connectivity index (χ1) is 16.1. The van der Waals surface area contributed by atoms with Crippen LogP contribution in [0.5, 0.6) is 0 Å². The molecule has 2 heterocycles. The molecule has 7 heteroatoms. The second-order valence-electron chi connectivity index (χ2n) is 7.51. The van der Waals surface area contributed by atoms with Gasteiger partial charge >= 0.3 is 0 Å². The highest BCUT2D eigenvalue weighted by Crippen LogP contribution is 2.21. The number of nitrogens with one attached hydrogen (secondary N) is 2. The Labute approximate surface area is 193 Å². The minimum absolute atomic E-state index is 0.0348. The van der Waals surface area contributed by atoms with Gasteiger partial charge in [-0.15, -0.1) is 11.3 Å². The SMILES string of the molecule is O=C(Cn1c2ccccc2c(=O)c2ccccc21)Nc1cccc(NC(=O)c2cccs2)c1. The number of pyridine rings is 1. The number of thiophene rings is 1. The van der Waals surface area contributed by atoms with E-state index < -0.39 is 0 Å². The number of carbonyl (C=O) groups excluding carboxylic acids is 2. The lowest BCUT2D eigenvalue weighted by molar-refractivity contribution is -0.116. The summed E-state index contributed by atoms with van der Waals surface area (Å²) < 4.78 is 1.85. The van der Waals surface area contributed by atoms with Gasteiger partial charge in [0.1, 0.15) is 6.54 Å². The first-order valence-corrected chi connectivity index (χ1v) is 11.2. The van der Waals surface area contributed by atoms with Crippen molar-refractivity contribution in [2.24, 2.45) is 0 Å². The van der Waals surface area contributed by atoms with Crippen LogP contribution in [0.2, 0.25) is 0 Å². The Balaban J connectivity index is 1.41. The number of fused-ring (bicyclic) bond motifs is 2. The van der Waals surface area contributed by atoms with Crippen LogP contribution in [0.3, 0.4) is 0 Å². The largest absolute Gasteiger partial charge is 0.331 e. The quantitative estimate of drug-likeness (QED) is 0.363. The highest BCUT2D eigenvalue weighted by atomic mass is 32.1. The molecule has 3 aromatic carbocycles. The third-order valence-corrected chi connectivity index (χ3v) is 6.20. The Hall–Kier alpha value is -4.23. The Morgan fingerprint density at radius 1 is 0.758 bits per heavy atom. The second-order valence-corrected chi connectivity index (χ2v) is 8.46. The Bertz CT molecular complexity index is 1490. The molecule has 0 aliphatic heterocycles. The van der Waals surface area contributed by atoms with E-state index in [9.17, 15) is 14.4 Å². The van der Waals surface area contributed by atoms with Crippen molar-refractivity contribution >= 4 is 56.3 Å². The number of nitrogens with zero attached hydrogens (tertiary/aromatic N) is 1. The summed E-state index contributed by atoms with van der Waals surface area (Å²) in [5, 5.41) is 8.73. The van der Waals surface area contributed by atoms with Gasteiger partial charge in [0.2, 0.25) is 5.91 Å². The van der Waals surface area contributed by atoms with Crippen LogP contribution in [0.4, 0.5) is 11.4 Å². The first kappa shape index (κ1) is 20.7. The smallest absolute Gasteiger partial charge is 0.265 e. The Morgan fingerprint density at radius 3 is 2.03 bits per heavy atom. The van der Waals surface area contributed by atoms with E-state index in [4.69, 9.17) is 0 Å². The summed E-state index contributed by atoms with van der Waals surface area (Å²) in [4.78, 5) is 38.8. The van der Waals surface area contributed by atoms with E-state index in [1.54, 1.807) is 42.5 Å². The molecule has 2 amide bonds. The average Bonchev–Trinajstić information content (AvgIpc) is 3.37. The molecule has 0 fully saturated rings. The normalized spacial score (nSPS) is 10.9. The number of hydrogen-bond acceptors (Lipinski definition) is 4. The molecule has 162 valence electrons. The molecule has 0 unspecified atom stereocenters. The van der Waals surface area contributed by atoms with Crippen molar-refractivity contribution in [1.29, 1.82) is 0 Å². The third kappa shape index (κ3) is 4.14. The van der Waals surface area contributed by atoms with Crippen LogP contribution < -0.4 is 16.1 Å². The van der Waals surface area contributed by atoms with Crippen LogP contribution in [0, 0.1) is 0 Å². The molecular weight excluding hydrogens is 434 g/mol. The summed E-state index contributed by atoms with van der Waals surface area (Å²) in [7, 11) is 0. The van der Waals surface area contributed by atoms with Crippen LogP contribution in [-0.4, -0.2) is 16.4 Å². The van der Waals surface area contributed by atoms with Crippen molar-refractivity contribution in [1.82, 2.24) is 4.57 Å². The maximum Gasteiger partial charge on any atom is 0.265 e. The predicted molar refractivity (Wildman–Crippen MR) is 133 cm³/mol. The summed E-state index contributed by atoms with van der Waals surface area (Å²) >= 11 is 1.36. The summed E-state index contributed by atoms with van der Waals surface area (Å²) in [6, 6.07) is 25.2. The number of benzene rings is 3. The van der Waals surface area contributed by atoms with E-state index in [2.05, 4.69) is 10.6 Å². The molecule has 0 saturated carbocycles. The van der Waals surface area contributed by atoms with Crippen molar-refractivity contribution in [3.63, 3.8) is 0 Å². The number of hydrogen-bond donors (Lipinski definition) is 2. The van der Waals surface area contributed by atoms with E-state index in [0.29, 0.717) is 38.1 Å². The molecule has 0 bridgehead atoms. The summed E-state index contributed by atoms with van der Waals surface area (Å²) in [6.45, 7) is 0.0348. The summed E-state index contributed by atoms with van der Waals surface area (Å²) in [5.74, 6) is -0.435. The van der Waals surface area contributed by atoms with Gasteiger partial charge in [0.25, 0.3) is 5.91 Å². The fourth-order valence-corrected chi connectivity index (χ4v) is 4.49. The highest BCUT2D eigenvalue weighted by Gasteiger charge is 2.13. The van der Waals surface area contributed by atoms with Crippen LogP contribution >= 0.6 is 11.3 Å². The van der Waals surface area contributed by atoms with E-state index in [-0.39, 0.29) is 23.8 Å². The lowest BCUT2D eigenvalue weighted by Gasteiger charge is -2.15. The molecule has 33 heavy (non-hydrogen) atoms. The van der Waals surface area contributed by atoms with Gasteiger partial charge in [0.05, 0.1) is 15.9 Å². The zero-order valence-electron chi connectivity index (χ0n) is 17.4. The maximum atomic E-state index is 13.0. The average molecular weight is 454 g/mol. The molecular formula is C26H19N3O3S. The zero-order valence-corrected chi connectivity index (χ0v) is 18.3. The standard InChI is InChI=1S/C26H19N3O3S/c30-24(27-17-7-5-8-18(15-17)28-26(32)23-13-6-14-33-23)16-29-21-11-3-1-9-19(21)25(31)20-10-2-4-12-22(20)29/h1-15H,16H2,(H,27,30)(H,28,32). The topological polar surface area (TPSA) is 80.2 Å². The molecule has 2 N–H and O–H groups in total. The number of carbonyl (C=O) groups is 2. The third-order valence-electron chi connectivity index (χ3n) is 5.33. The Morgan fingerprint density at radius 2 is 1.39 bits per heavy atom. The van der Waals surface area contributed by atoms with Gasteiger partial charge in [0.15, 0.2) is 5.43 Å². The molecule has 0 atom stereocenters. The second kappa shape index (κ2) is 8.72. The highest BCUT2D eigenvalue weighted by molar-refractivity contribution is 7.12. The molecule has 0 radical (unpaired) electrons. The summed E-state index contributed by atoms with van der Waals surface area (Å²) in [6.07, 6.45) is 0. The van der Waals surface area contributed by atoms with Gasteiger partial charge in [-0.3, -0.25) is 14.4 Å². The molecule has 5 aromatic rings. The van der Waals surface area contributed by atoms with Crippen LogP contribution in [0.1, 0.15) is 9.67 Å². The molecule has 0 spiro atoms. The zero-order chi connectivity index (χ0) is 22.8. The molecule has 5 rings (SSSR count). The van der Waals surface area contributed by atoms with Crippen molar-refractivity contribution in [2.45, 2.75) is 6.54 Å². The van der Waals surface area contributed by atoms with Gasteiger partial charge in [-0.05, 0) is 53.9 Å². The van der Waals surface area contributed by atoms with Gasteiger partial charge in [0, 0.05) is 22.1 Å². The van der Waals surface area contributed by atoms with Gasteiger partial charge in [-0.2, -0.15) is 0 Å². The summed E-state index contributed by atoms with van der Waals surface area (Å²) in [5.41, 5.74) is 2.51. The number of anilines is 2. The molecule has 0 saturated heterocycles. The van der Waals surface area contributed by atoms with E-state index in [1.165, 1.54) is 11.3 Å². The van der Waals surface area contributed by atoms with Crippen molar-refractivity contribution in [3.05, 3.63) is 105 Å². The predicted octanol–water partition coefficient (Wildman–Crippen LogP) is 5.11. The minimum Gasteiger partial charge on any atom is -0.331 e. The Kier molecular flexibility index (Phi) is 5.46. The van der Waals surface area contributed by atoms with Crippen molar-refractivity contribution in [3.8, 4) is 0 Å². The number of amides is 2. The van der Waals surface area contributed by atoms with E-state index >= 15 is 0 Å². The van der Waals surface area contributed by atoms with E-state index in [0.717, 1.165) is 0 Å². The maximum absolute atomic E-state index is 13.0. The van der Waals surface area contributed by atoms with Crippen molar-refractivity contribution < 1.29 is 9.59 Å². The molecule has 2 aromatic heterocycles. The fraction of sp³-hybridized carbons (Fsp3) is 0.0385. The van der Waals surface area contributed by atoms with E-state index in [1.807, 2.05) is 52.4 Å². The monoisotopic (exact) mass is 453 g/mol. The molecule has 0 aliphatic carbocycles. The lowest BCUT2D eigenvalue weighted by atomic mass is 10.1. The molecule has 6 nitrogen and oxygen atoms in total. The fourth-order valence-electron chi connectivity index (χ4n) is 3.87. The van der Waals surface area contributed by atoms with Gasteiger partial charge in [-0.25, -0.2) is 0 Å². The van der Waals surface area contributed by atoms with Gasteiger partial charge < -0.3 is 15.2 Å². The lowest BCUT2D eigenvalue weighted by Crippen LogP contribution is -2.21. The van der Waals surface area contributed by atoms with Crippen LogP contribution in [0.25, 0.3) is 21.8 Å².